The van der Waals surface area contributed by atoms with Crippen molar-refractivity contribution < 1.29 is 31.9 Å². The SMILES string of the molecule is C[C@H]1OCC(=O)C1CC(=O)[C@H](CC(C)(C)F)N[C@@H](c1ccc(Br)cc1)C(F)(F)F. The fraction of sp³-hybridized carbons (Fsp3) is 0.600. The lowest BCUT2D eigenvalue weighted by molar-refractivity contribution is -0.161. The molecule has 0 radical (unpaired) electrons. The van der Waals surface area contributed by atoms with E-state index in [1.54, 1.807) is 6.92 Å². The minimum absolute atomic E-state index is 0.0937. The minimum Gasteiger partial charge on any atom is -0.370 e. The molecule has 1 N–H and O–H groups in total. The lowest BCUT2D eigenvalue weighted by Crippen LogP contribution is -2.47. The van der Waals surface area contributed by atoms with Crippen LogP contribution in [0.5, 0.6) is 0 Å². The van der Waals surface area contributed by atoms with Crippen molar-refractivity contribution in [3.8, 4) is 0 Å². The normalized spacial score (nSPS) is 22.6. The Morgan fingerprint density at radius 1 is 1.24 bits per heavy atom. The third-order valence-electron chi connectivity index (χ3n) is 4.87. The van der Waals surface area contributed by atoms with Gasteiger partial charge in [0.2, 0.25) is 0 Å². The second-order valence-electron chi connectivity index (χ2n) is 7.93. The number of benzene rings is 1. The summed E-state index contributed by atoms with van der Waals surface area (Å²) in [5.74, 6) is -1.64. The number of alkyl halides is 4. The molecule has 2 rings (SSSR count). The van der Waals surface area contributed by atoms with Gasteiger partial charge in [-0.15, -0.1) is 0 Å². The third kappa shape index (κ3) is 6.86. The van der Waals surface area contributed by atoms with Crippen LogP contribution in [0.15, 0.2) is 28.7 Å². The Labute approximate surface area is 175 Å². The molecule has 1 aromatic carbocycles. The molecule has 1 unspecified atom stereocenters. The largest absolute Gasteiger partial charge is 0.407 e. The molecule has 1 saturated heterocycles. The van der Waals surface area contributed by atoms with Crippen LogP contribution in [0, 0.1) is 5.92 Å². The Balaban J connectivity index is 2.28. The molecule has 29 heavy (non-hydrogen) atoms. The molecular weight excluding hydrogens is 458 g/mol. The standard InChI is InChI=1S/C20H24BrF4NO3/c1-11-14(17(28)10-29-11)8-16(27)15(9-19(2,3)22)26-18(20(23,24)25)12-4-6-13(21)7-5-12/h4-7,11,14-15,18,26H,8-10H2,1-3H3/t11-,14?,15+,18+/m1/s1. The molecule has 0 spiro atoms. The van der Waals surface area contributed by atoms with Gasteiger partial charge >= 0.3 is 6.18 Å². The summed E-state index contributed by atoms with van der Waals surface area (Å²) in [6.07, 6.45) is -5.95. The lowest BCUT2D eigenvalue weighted by atomic mass is 9.88. The molecule has 0 saturated carbocycles. The van der Waals surface area contributed by atoms with Gasteiger partial charge in [0.15, 0.2) is 11.6 Å². The van der Waals surface area contributed by atoms with Gasteiger partial charge in [0.05, 0.1) is 18.1 Å². The van der Waals surface area contributed by atoms with Crippen molar-refractivity contribution in [3.63, 3.8) is 0 Å². The molecule has 1 aliphatic heterocycles. The van der Waals surface area contributed by atoms with Crippen molar-refractivity contribution in [2.75, 3.05) is 6.61 Å². The fourth-order valence-corrected chi connectivity index (χ4v) is 3.59. The highest BCUT2D eigenvalue weighted by atomic mass is 79.9. The number of carbonyl (C=O) groups excluding carboxylic acids is 2. The minimum atomic E-state index is -4.70. The van der Waals surface area contributed by atoms with E-state index in [0.29, 0.717) is 4.47 Å². The van der Waals surface area contributed by atoms with Crippen LogP contribution in [0.3, 0.4) is 0 Å². The highest BCUT2D eigenvalue weighted by molar-refractivity contribution is 9.10. The molecule has 0 aromatic heterocycles. The van der Waals surface area contributed by atoms with Crippen LogP contribution in [0.2, 0.25) is 0 Å². The van der Waals surface area contributed by atoms with E-state index in [1.807, 2.05) is 0 Å². The average Bonchev–Trinajstić information content (AvgIpc) is 2.89. The van der Waals surface area contributed by atoms with Crippen molar-refractivity contribution in [1.82, 2.24) is 5.32 Å². The van der Waals surface area contributed by atoms with E-state index in [9.17, 15) is 27.2 Å². The zero-order chi connectivity index (χ0) is 22.0. The molecule has 162 valence electrons. The number of carbonyl (C=O) groups is 2. The Morgan fingerprint density at radius 3 is 2.28 bits per heavy atom. The number of halogens is 5. The highest BCUT2D eigenvalue weighted by Crippen LogP contribution is 2.35. The first kappa shape index (κ1) is 24.0. The summed E-state index contributed by atoms with van der Waals surface area (Å²) in [5.41, 5.74) is -1.98. The fourth-order valence-electron chi connectivity index (χ4n) is 3.32. The topological polar surface area (TPSA) is 55.4 Å². The van der Waals surface area contributed by atoms with Crippen LogP contribution in [0.25, 0.3) is 0 Å². The lowest BCUT2D eigenvalue weighted by Gasteiger charge is -2.30. The number of Topliss-reactive ketones (excluding diaryl/α,β-unsaturated/α-hetero) is 2. The smallest absolute Gasteiger partial charge is 0.370 e. The monoisotopic (exact) mass is 481 g/mol. The summed E-state index contributed by atoms with van der Waals surface area (Å²) >= 11 is 3.17. The molecule has 1 aliphatic rings. The average molecular weight is 482 g/mol. The maximum atomic E-state index is 14.3. The van der Waals surface area contributed by atoms with Crippen LogP contribution in [-0.4, -0.2) is 42.2 Å². The molecule has 4 atom stereocenters. The molecule has 0 amide bonds. The number of ketones is 2. The number of hydrogen-bond donors (Lipinski definition) is 1. The summed E-state index contributed by atoms with van der Waals surface area (Å²) in [6, 6.07) is 1.93. The second kappa shape index (κ2) is 9.22. The van der Waals surface area contributed by atoms with Gasteiger partial charge < -0.3 is 4.74 Å². The van der Waals surface area contributed by atoms with Crippen LogP contribution < -0.4 is 5.32 Å². The maximum absolute atomic E-state index is 14.3. The second-order valence-corrected chi connectivity index (χ2v) is 8.84. The van der Waals surface area contributed by atoms with Gasteiger partial charge in [-0.1, -0.05) is 28.1 Å². The maximum Gasteiger partial charge on any atom is 0.407 e. The molecule has 0 aliphatic carbocycles. The quantitative estimate of drug-likeness (QED) is 0.546. The van der Waals surface area contributed by atoms with Crippen LogP contribution in [0.1, 0.15) is 45.2 Å². The van der Waals surface area contributed by atoms with Gasteiger partial charge in [0.1, 0.15) is 18.3 Å². The Kier molecular flexibility index (Phi) is 7.62. The highest BCUT2D eigenvalue weighted by Gasteiger charge is 2.44. The van der Waals surface area contributed by atoms with Gasteiger partial charge in [-0.2, -0.15) is 13.2 Å². The molecule has 9 heteroatoms. The van der Waals surface area contributed by atoms with Gasteiger partial charge in [-0.25, -0.2) is 4.39 Å². The van der Waals surface area contributed by atoms with E-state index in [2.05, 4.69) is 21.2 Å². The van der Waals surface area contributed by atoms with Crippen molar-refractivity contribution in [2.24, 2.45) is 5.92 Å². The first-order valence-corrected chi connectivity index (χ1v) is 10.0. The van der Waals surface area contributed by atoms with E-state index in [0.717, 1.165) is 0 Å². The van der Waals surface area contributed by atoms with Crippen molar-refractivity contribution in [1.29, 1.82) is 0 Å². The Bertz CT molecular complexity index is 731. The number of ether oxygens (including phenoxy) is 1. The van der Waals surface area contributed by atoms with E-state index < -0.39 is 48.2 Å². The van der Waals surface area contributed by atoms with E-state index >= 15 is 0 Å². The van der Waals surface area contributed by atoms with Crippen LogP contribution in [-0.2, 0) is 14.3 Å². The third-order valence-corrected chi connectivity index (χ3v) is 5.40. The number of rotatable bonds is 8. The summed E-state index contributed by atoms with van der Waals surface area (Å²) < 4.78 is 61.3. The first-order valence-electron chi connectivity index (χ1n) is 9.22. The van der Waals surface area contributed by atoms with E-state index in [1.165, 1.54) is 38.1 Å². The zero-order valence-electron chi connectivity index (χ0n) is 16.4. The first-order chi connectivity index (χ1) is 13.3. The zero-order valence-corrected chi connectivity index (χ0v) is 17.9. The molecule has 4 nitrogen and oxygen atoms in total. The summed E-state index contributed by atoms with van der Waals surface area (Å²) in [7, 11) is 0. The molecule has 0 bridgehead atoms. The number of nitrogens with one attached hydrogen (secondary N) is 1. The van der Waals surface area contributed by atoms with Crippen molar-refractivity contribution in [2.45, 2.75) is 63.6 Å². The molecule has 1 heterocycles. The van der Waals surface area contributed by atoms with E-state index in [-0.39, 0.29) is 24.4 Å². The molecular formula is C20H24BrF4NO3. The van der Waals surface area contributed by atoms with E-state index in [4.69, 9.17) is 4.74 Å². The summed E-state index contributed by atoms with van der Waals surface area (Å²) in [6.45, 7) is 3.90. The Hall–Kier alpha value is -1.32. The number of hydrogen-bond acceptors (Lipinski definition) is 4. The Morgan fingerprint density at radius 2 is 1.83 bits per heavy atom. The van der Waals surface area contributed by atoms with Gasteiger partial charge in [0, 0.05) is 17.3 Å². The predicted octanol–water partition coefficient (Wildman–Crippen LogP) is 4.71. The van der Waals surface area contributed by atoms with Crippen molar-refractivity contribution in [3.05, 3.63) is 34.3 Å². The summed E-state index contributed by atoms with van der Waals surface area (Å²) in [4.78, 5) is 24.7. The molecule has 1 aromatic rings. The van der Waals surface area contributed by atoms with Gasteiger partial charge in [-0.3, -0.25) is 14.9 Å². The van der Waals surface area contributed by atoms with Crippen LogP contribution >= 0.6 is 15.9 Å². The molecule has 1 fully saturated rings. The van der Waals surface area contributed by atoms with Gasteiger partial charge in [0.25, 0.3) is 0 Å². The van der Waals surface area contributed by atoms with Gasteiger partial charge in [-0.05, 0) is 38.5 Å². The predicted molar refractivity (Wildman–Crippen MR) is 103 cm³/mol. The summed E-state index contributed by atoms with van der Waals surface area (Å²) in [5, 5.41) is 2.31. The van der Waals surface area contributed by atoms with Crippen molar-refractivity contribution >= 4 is 27.5 Å². The van der Waals surface area contributed by atoms with Crippen LogP contribution in [0.4, 0.5) is 17.6 Å².